The van der Waals surface area contributed by atoms with Crippen molar-refractivity contribution < 1.29 is 22.5 Å². The lowest BCUT2D eigenvalue weighted by Gasteiger charge is -2.32. The van der Waals surface area contributed by atoms with E-state index in [2.05, 4.69) is 33.3 Å². The predicted octanol–water partition coefficient (Wildman–Crippen LogP) is 3.87. The number of carbonyl (C=O) groups excluding carboxylic acids is 1. The van der Waals surface area contributed by atoms with Crippen molar-refractivity contribution in [2.24, 2.45) is 0 Å². The van der Waals surface area contributed by atoms with Gasteiger partial charge in [-0.3, -0.25) is 8.77 Å². The Bertz CT molecular complexity index is 1140. The van der Waals surface area contributed by atoms with Crippen LogP contribution in [0.1, 0.15) is 54.9 Å². The minimum absolute atomic E-state index is 0.0280. The summed E-state index contributed by atoms with van der Waals surface area (Å²) in [6, 6.07) is 1.87. The number of nitrogens with zero attached hydrogens (tertiary/aromatic N) is 5. The molecule has 0 saturated heterocycles. The zero-order chi connectivity index (χ0) is 23.1. The molecule has 1 amide bonds. The summed E-state index contributed by atoms with van der Waals surface area (Å²) in [6.07, 6.45) is -0.460. The van der Waals surface area contributed by atoms with E-state index in [1.54, 1.807) is 10.2 Å². The van der Waals surface area contributed by atoms with Gasteiger partial charge in [0.2, 0.25) is 0 Å². The normalized spacial score (nSPS) is 16.5. The van der Waals surface area contributed by atoms with E-state index in [0.717, 1.165) is 18.2 Å². The molecular weight excluding hydrogens is 445 g/mol. The van der Waals surface area contributed by atoms with Crippen molar-refractivity contribution in [2.45, 2.75) is 51.2 Å². The summed E-state index contributed by atoms with van der Waals surface area (Å²) in [5.41, 5.74) is 1.03. The van der Waals surface area contributed by atoms with E-state index in [4.69, 9.17) is 4.52 Å². The predicted molar refractivity (Wildman–Crippen MR) is 115 cm³/mol. The maximum absolute atomic E-state index is 12.5. The molecule has 1 spiro atoms. The highest BCUT2D eigenvalue weighted by molar-refractivity contribution is 7.78. The second-order valence-corrected chi connectivity index (χ2v) is 8.12. The Morgan fingerprint density at radius 1 is 1.31 bits per heavy atom. The van der Waals surface area contributed by atoms with Crippen LogP contribution in [0.3, 0.4) is 0 Å². The van der Waals surface area contributed by atoms with Gasteiger partial charge >= 0.3 is 6.18 Å². The lowest BCUT2D eigenvalue weighted by Crippen LogP contribution is -2.39. The van der Waals surface area contributed by atoms with Gasteiger partial charge < -0.3 is 14.7 Å². The number of halogens is 3. The van der Waals surface area contributed by atoms with Gasteiger partial charge in [0.25, 0.3) is 5.91 Å². The quantitative estimate of drug-likeness (QED) is 0.565. The number of nitrogens with one attached hydrogen (secondary N) is 1. The van der Waals surface area contributed by atoms with E-state index >= 15 is 0 Å². The minimum atomic E-state index is -4.34. The number of aromatic nitrogens is 4. The Hall–Kier alpha value is -2.76. The Labute approximate surface area is 187 Å². The third-order valence-electron chi connectivity index (χ3n) is 5.62. The first-order chi connectivity index (χ1) is 15.3. The van der Waals surface area contributed by atoms with Crippen LogP contribution in [-0.2, 0) is 12.0 Å². The smallest absolute Gasteiger partial charge is 0.360 e. The van der Waals surface area contributed by atoms with Gasteiger partial charge in [0.1, 0.15) is 17.9 Å². The molecule has 3 aromatic heterocycles. The summed E-state index contributed by atoms with van der Waals surface area (Å²) < 4.78 is 44.3. The van der Waals surface area contributed by atoms with Gasteiger partial charge in [0, 0.05) is 30.3 Å². The zero-order valence-corrected chi connectivity index (χ0v) is 18.5. The first kappa shape index (κ1) is 22.4. The first-order valence-corrected chi connectivity index (χ1v) is 10.8. The van der Waals surface area contributed by atoms with Crippen LogP contribution in [0.2, 0.25) is 0 Å². The molecule has 4 heterocycles. The third kappa shape index (κ3) is 4.03. The zero-order valence-electron chi connectivity index (χ0n) is 17.6. The molecule has 1 aliphatic carbocycles. The van der Waals surface area contributed by atoms with Gasteiger partial charge in [-0.2, -0.15) is 13.2 Å². The van der Waals surface area contributed by atoms with Crippen LogP contribution in [-0.4, -0.2) is 44.3 Å². The van der Waals surface area contributed by atoms with Gasteiger partial charge in [-0.1, -0.05) is 31.8 Å². The monoisotopic (exact) mass is 468 g/mol. The summed E-state index contributed by atoms with van der Waals surface area (Å²) in [6.45, 7) is 4.45. The number of amides is 1. The van der Waals surface area contributed by atoms with Gasteiger partial charge in [-0.15, -0.1) is 0 Å². The number of anilines is 1. The summed E-state index contributed by atoms with van der Waals surface area (Å²) in [4.78, 5) is 23.2. The van der Waals surface area contributed by atoms with Crippen LogP contribution in [0.5, 0.6) is 0 Å². The second-order valence-electron chi connectivity index (χ2n) is 7.69. The van der Waals surface area contributed by atoms with E-state index in [0.29, 0.717) is 35.9 Å². The maximum atomic E-state index is 12.5. The number of carbonyl (C=O) groups is 1. The molecule has 1 N–H and O–H groups in total. The Kier molecular flexibility index (Phi) is 5.82. The average Bonchev–Trinajstić information content (AvgIpc) is 3.20. The molecule has 0 bridgehead atoms. The van der Waals surface area contributed by atoms with Crippen molar-refractivity contribution in [3.05, 3.63) is 35.6 Å². The molecule has 0 aromatic carbocycles. The molecule has 2 aliphatic rings. The molecule has 32 heavy (non-hydrogen) atoms. The van der Waals surface area contributed by atoms with Crippen molar-refractivity contribution in [3.63, 3.8) is 0 Å². The topological polar surface area (TPSA) is 89.1 Å². The Morgan fingerprint density at radius 3 is 2.75 bits per heavy atom. The van der Waals surface area contributed by atoms with Crippen LogP contribution >= 0.6 is 12.8 Å². The number of fused-ring (bicyclic) bond motifs is 3. The van der Waals surface area contributed by atoms with Crippen molar-refractivity contribution in [2.75, 3.05) is 18.0 Å². The van der Waals surface area contributed by atoms with Crippen molar-refractivity contribution in [1.82, 2.24) is 24.4 Å². The highest BCUT2D eigenvalue weighted by Gasteiger charge is 2.54. The number of thiol groups is 1. The lowest BCUT2D eigenvalue weighted by atomic mass is 9.92. The van der Waals surface area contributed by atoms with Crippen molar-refractivity contribution >= 4 is 35.6 Å². The molecule has 1 aliphatic heterocycles. The molecule has 1 saturated carbocycles. The molecule has 172 valence electrons. The summed E-state index contributed by atoms with van der Waals surface area (Å²) in [5.74, 6) is 0.683. The van der Waals surface area contributed by atoms with Gasteiger partial charge in [-0.25, -0.2) is 9.97 Å². The van der Waals surface area contributed by atoms with E-state index < -0.39 is 25.0 Å². The SMILES string of the molecule is CC.O=C(NCCC(F)(F)F)c1noc2c1CN(c1ncnc3c1ccn3S)CC21CC1. The molecule has 5 rings (SSSR count). The van der Waals surface area contributed by atoms with E-state index in [-0.39, 0.29) is 11.1 Å². The average molecular weight is 469 g/mol. The molecule has 0 radical (unpaired) electrons. The Balaban J connectivity index is 0.00000119. The fourth-order valence-electron chi connectivity index (χ4n) is 4.00. The molecule has 0 atom stereocenters. The van der Waals surface area contributed by atoms with Crippen LogP contribution in [0.25, 0.3) is 11.0 Å². The van der Waals surface area contributed by atoms with Crippen molar-refractivity contribution in [1.29, 1.82) is 0 Å². The van der Waals surface area contributed by atoms with Gasteiger partial charge in [-0.05, 0) is 18.9 Å². The van der Waals surface area contributed by atoms with Crippen LogP contribution in [0.15, 0.2) is 23.1 Å². The number of rotatable bonds is 4. The second kappa shape index (κ2) is 8.30. The fourth-order valence-corrected chi connectivity index (χ4v) is 4.23. The van der Waals surface area contributed by atoms with Crippen molar-refractivity contribution in [3.8, 4) is 0 Å². The van der Waals surface area contributed by atoms with Gasteiger partial charge in [0.05, 0.1) is 18.4 Å². The molecular formula is C20H23F3N6O2S. The first-order valence-electron chi connectivity index (χ1n) is 10.4. The molecule has 12 heteroatoms. The summed E-state index contributed by atoms with van der Waals surface area (Å²) >= 11 is 4.34. The molecule has 8 nitrogen and oxygen atoms in total. The highest BCUT2D eigenvalue weighted by Crippen LogP contribution is 2.53. The van der Waals surface area contributed by atoms with E-state index in [1.807, 2.05) is 24.8 Å². The summed E-state index contributed by atoms with van der Waals surface area (Å²) in [5, 5.41) is 7.01. The molecule has 0 unspecified atom stereocenters. The number of alkyl halides is 3. The minimum Gasteiger partial charge on any atom is -0.360 e. The standard InChI is InChI=1S/C18H17F3N6O2S.C2H6/c19-18(20,21)4-5-22-16(28)12-11-7-26(8-17(2-3-17)13(11)29-25-12)14-10-1-6-27(30)15(10)24-9-23-14;1-2/h1,6,9,30H,2-5,7-8H2,(H,22,28);1-2H3. The van der Waals surface area contributed by atoms with Crippen LogP contribution in [0.4, 0.5) is 19.0 Å². The van der Waals surface area contributed by atoms with Gasteiger partial charge in [0.15, 0.2) is 11.3 Å². The van der Waals surface area contributed by atoms with Crippen LogP contribution < -0.4 is 10.2 Å². The molecule has 3 aromatic rings. The number of hydrogen-bond acceptors (Lipinski definition) is 7. The highest BCUT2D eigenvalue weighted by atomic mass is 32.1. The maximum Gasteiger partial charge on any atom is 0.390 e. The van der Waals surface area contributed by atoms with Crippen LogP contribution in [0, 0.1) is 0 Å². The number of hydrogen-bond donors (Lipinski definition) is 2. The fraction of sp³-hybridized carbons (Fsp3) is 0.500. The largest absolute Gasteiger partial charge is 0.390 e. The van der Waals surface area contributed by atoms with E-state index in [9.17, 15) is 18.0 Å². The Morgan fingerprint density at radius 2 is 2.06 bits per heavy atom. The molecule has 1 fully saturated rings. The lowest BCUT2D eigenvalue weighted by molar-refractivity contribution is -0.133. The van der Waals surface area contributed by atoms with E-state index in [1.165, 1.54) is 6.33 Å². The summed E-state index contributed by atoms with van der Waals surface area (Å²) in [7, 11) is 0. The third-order valence-corrected chi connectivity index (χ3v) is 5.94.